The molecule has 0 bridgehead atoms. The SMILES string of the molecule is CC(C)(C)c1ccc(-n2nc(N)nc2NC2C=CC(N3CCCC3)=CC2=C=O)cc1. The Morgan fingerprint density at radius 1 is 1.17 bits per heavy atom. The first-order chi connectivity index (χ1) is 14.3. The highest BCUT2D eigenvalue weighted by Gasteiger charge is 2.23. The van der Waals surface area contributed by atoms with Gasteiger partial charge in [-0.25, -0.2) is 4.79 Å². The van der Waals surface area contributed by atoms with Crippen LogP contribution in [0.15, 0.2) is 53.8 Å². The summed E-state index contributed by atoms with van der Waals surface area (Å²) in [6.07, 6.45) is 8.28. The summed E-state index contributed by atoms with van der Waals surface area (Å²) >= 11 is 0. The van der Waals surface area contributed by atoms with E-state index in [2.05, 4.69) is 59.1 Å². The molecule has 156 valence electrons. The maximum Gasteiger partial charge on any atom is 0.241 e. The van der Waals surface area contributed by atoms with E-state index in [-0.39, 0.29) is 17.4 Å². The normalized spacial score (nSPS) is 19.0. The summed E-state index contributed by atoms with van der Waals surface area (Å²) in [7, 11) is 0. The molecule has 0 saturated carbocycles. The van der Waals surface area contributed by atoms with Gasteiger partial charge in [-0.3, -0.25) is 0 Å². The molecule has 1 unspecified atom stereocenters. The average Bonchev–Trinajstić information content (AvgIpc) is 3.38. The van der Waals surface area contributed by atoms with Crippen LogP contribution in [0.4, 0.5) is 11.9 Å². The number of nitrogens with zero attached hydrogens (tertiary/aromatic N) is 4. The molecule has 1 fully saturated rings. The molecular formula is C23H28N6O. The quantitative estimate of drug-likeness (QED) is 0.761. The highest BCUT2D eigenvalue weighted by atomic mass is 16.1. The molecule has 1 saturated heterocycles. The summed E-state index contributed by atoms with van der Waals surface area (Å²) in [5.74, 6) is 2.73. The molecule has 1 aromatic carbocycles. The number of likely N-dealkylation sites (tertiary alicyclic amines) is 1. The van der Waals surface area contributed by atoms with Crippen LogP contribution in [0.5, 0.6) is 0 Å². The van der Waals surface area contributed by atoms with E-state index in [1.807, 2.05) is 30.4 Å². The van der Waals surface area contributed by atoms with Crippen molar-refractivity contribution in [2.45, 2.75) is 45.1 Å². The summed E-state index contributed by atoms with van der Waals surface area (Å²) in [6.45, 7) is 8.57. The predicted molar refractivity (Wildman–Crippen MR) is 119 cm³/mol. The Kier molecular flexibility index (Phi) is 5.22. The van der Waals surface area contributed by atoms with Gasteiger partial charge in [-0.1, -0.05) is 39.0 Å². The minimum atomic E-state index is -0.343. The van der Waals surface area contributed by atoms with Gasteiger partial charge in [0.15, 0.2) is 0 Å². The first kappa shape index (κ1) is 20.0. The molecule has 1 aliphatic carbocycles. The molecule has 4 rings (SSSR count). The van der Waals surface area contributed by atoms with E-state index in [9.17, 15) is 4.79 Å². The Morgan fingerprint density at radius 2 is 1.87 bits per heavy atom. The van der Waals surface area contributed by atoms with Crippen molar-refractivity contribution in [2.75, 3.05) is 24.1 Å². The number of benzene rings is 1. The van der Waals surface area contributed by atoms with Crippen molar-refractivity contribution in [1.29, 1.82) is 0 Å². The number of nitrogens with one attached hydrogen (secondary N) is 1. The molecule has 30 heavy (non-hydrogen) atoms. The van der Waals surface area contributed by atoms with Gasteiger partial charge in [0, 0.05) is 18.8 Å². The summed E-state index contributed by atoms with van der Waals surface area (Å²) in [5, 5.41) is 7.62. The lowest BCUT2D eigenvalue weighted by Crippen LogP contribution is -2.27. The van der Waals surface area contributed by atoms with E-state index >= 15 is 0 Å². The summed E-state index contributed by atoms with van der Waals surface area (Å²) < 4.78 is 1.66. The molecule has 1 aromatic heterocycles. The second-order valence-electron chi connectivity index (χ2n) is 8.80. The maximum atomic E-state index is 11.6. The molecule has 1 atom stereocenters. The fourth-order valence-corrected chi connectivity index (χ4v) is 3.83. The number of allylic oxidation sites excluding steroid dienone is 1. The third-order valence-electron chi connectivity index (χ3n) is 5.57. The van der Waals surface area contributed by atoms with Gasteiger partial charge in [-0.15, -0.1) is 5.10 Å². The standard InChI is InChI=1S/C23H28N6O/c1-23(2,3)17-6-8-18(9-7-17)29-22(26-21(24)27-29)25-20-11-10-19(14-16(20)15-30)28-12-4-5-13-28/h6-11,14,20H,4-5,12-13H2,1-3H3,(H3,24,25,26,27). The Balaban J connectivity index is 1.58. The van der Waals surface area contributed by atoms with E-state index in [4.69, 9.17) is 5.73 Å². The van der Waals surface area contributed by atoms with Crippen LogP contribution < -0.4 is 11.1 Å². The molecule has 1 aliphatic heterocycles. The second-order valence-corrected chi connectivity index (χ2v) is 8.80. The number of carbonyl (C=O) groups excluding carboxylic acids is 1. The Hall–Kier alpha value is -3.31. The van der Waals surface area contributed by atoms with Crippen molar-refractivity contribution in [3.8, 4) is 5.69 Å². The lowest BCUT2D eigenvalue weighted by atomic mass is 9.87. The lowest BCUT2D eigenvalue weighted by molar-refractivity contribution is 0.438. The van der Waals surface area contributed by atoms with Crippen molar-refractivity contribution in [1.82, 2.24) is 19.7 Å². The van der Waals surface area contributed by atoms with Crippen molar-refractivity contribution >= 4 is 17.8 Å². The second kappa shape index (κ2) is 7.84. The predicted octanol–water partition coefficient (Wildman–Crippen LogP) is 3.24. The zero-order chi connectivity index (χ0) is 21.3. The first-order valence-corrected chi connectivity index (χ1v) is 10.3. The smallest absolute Gasteiger partial charge is 0.241 e. The van der Waals surface area contributed by atoms with Crippen molar-refractivity contribution in [3.05, 3.63) is 59.3 Å². The monoisotopic (exact) mass is 404 g/mol. The van der Waals surface area contributed by atoms with Crippen LogP contribution in [0, 0.1) is 0 Å². The fraction of sp³-hybridized carbons (Fsp3) is 0.391. The van der Waals surface area contributed by atoms with E-state index in [1.165, 1.54) is 18.4 Å². The summed E-state index contributed by atoms with van der Waals surface area (Å²) in [4.78, 5) is 18.3. The van der Waals surface area contributed by atoms with Gasteiger partial charge < -0.3 is 16.0 Å². The van der Waals surface area contributed by atoms with Crippen LogP contribution in [-0.4, -0.2) is 44.7 Å². The third kappa shape index (κ3) is 4.02. The number of hydrogen-bond donors (Lipinski definition) is 2. The average molecular weight is 405 g/mol. The van der Waals surface area contributed by atoms with Crippen LogP contribution >= 0.6 is 0 Å². The molecule has 2 aromatic rings. The van der Waals surface area contributed by atoms with Gasteiger partial charge in [0.05, 0.1) is 17.3 Å². The van der Waals surface area contributed by atoms with Gasteiger partial charge in [-0.05, 0) is 48.1 Å². The van der Waals surface area contributed by atoms with Crippen LogP contribution in [0.3, 0.4) is 0 Å². The lowest BCUT2D eigenvalue weighted by Gasteiger charge is -2.25. The zero-order valence-electron chi connectivity index (χ0n) is 17.7. The van der Waals surface area contributed by atoms with Crippen molar-refractivity contribution in [2.24, 2.45) is 0 Å². The highest BCUT2D eigenvalue weighted by molar-refractivity contribution is 5.66. The fourth-order valence-electron chi connectivity index (χ4n) is 3.83. The van der Waals surface area contributed by atoms with Gasteiger partial charge in [0.1, 0.15) is 5.94 Å². The first-order valence-electron chi connectivity index (χ1n) is 10.3. The maximum absolute atomic E-state index is 11.6. The van der Waals surface area contributed by atoms with Gasteiger partial charge in [0.2, 0.25) is 11.9 Å². The van der Waals surface area contributed by atoms with Crippen LogP contribution in [0.25, 0.3) is 5.69 Å². The molecule has 0 radical (unpaired) electrons. The molecule has 2 aliphatic rings. The van der Waals surface area contributed by atoms with E-state index in [1.54, 1.807) is 4.68 Å². The molecule has 0 spiro atoms. The molecule has 2 heterocycles. The zero-order valence-corrected chi connectivity index (χ0v) is 17.7. The summed E-state index contributed by atoms with van der Waals surface area (Å²) in [6, 6.07) is 7.82. The highest BCUT2D eigenvalue weighted by Crippen LogP contribution is 2.26. The van der Waals surface area contributed by atoms with E-state index in [0.717, 1.165) is 24.5 Å². The number of aromatic nitrogens is 3. The van der Waals surface area contributed by atoms with Gasteiger partial charge >= 0.3 is 0 Å². The Labute approximate surface area is 177 Å². The van der Waals surface area contributed by atoms with Crippen molar-refractivity contribution < 1.29 is 4.79 Å². The number of nitrogens with two attached hydrogens (primary N) is 1. The van der Waals surface area contributed by atoms with Gasteiger partial charge in [-0.2, -0.15) is 9.67 Å². The van der Waals surface area contributed by atoms with Gasteiger partial charge in [0.25, 0.3) is 0 Å². The topological polar surface area (TPSA) is 89.1 Å². The van der Waals surface area contributed by atoms with Crippen LogP contribution in [-0.2, 0) is 10.2 Å². The third-order valence-corrected chi connectivity index (χ3v) is 5.57. The number of anilines is 2. The minimum Gasteiger partial charge on any atom is -0.372 e. The van der Waals surface area contributed by atoms with E-state index in [0.29, 0.717) is 11.5 Å². The Bertz CT molecular complexity index is 1030. The van der Waals surface area contributed by atoms with E-state index < -0.39 is 0 Å². The Morgan fingerprint density at radius 3 is 2.50 bits per heavy atom. The van der Waals surface area contributed by atoms with Crippen molar-refractivity contribution in [3.63, 3.8) is 0 Å². The number of nitrogen functional groups attached to an aromatic ring is 1. The summed E-state index contributed by atoms with van der Waals surface area (Å²) in [5.41, 5.74) is 9.63. The molecule has 0 amide bonds. The molecular weight excluding hydrogens is 376 g/mol. The molecule has 7 heteroatoms. The number of hydrogen-bond acceptors (Lipinski definition) is 6. The largest absolute Gasteiger partial charge is 0.372 e. The van der Waals surface area contributed by atoms with Crippen LogP contribution in [0.1, 0.15) is 39.2 Å². The minimum absolute atomic E-state index is 0.0664. The van der Waals surface area contributed by atoms with Crippen LogP contribution in [0.2, 0.25) is 0 Å². The molecule has 7 nitrogen and oxygen atoms in total. The molecule has 3 N–H and O–H groups in total. The number of rotatable bonds is 4.